The number of nitrogens with one attached hydrogen (secondary N) is 1. The Labute approximate surface area is 87.9 Å². The number of hydrazone groups is 1. The van der Waals surface area contributed by atoms with E-state index in [1.807, 2.05) is 12.1 Å². The minimum atomic E-state index is -0.490. The van der Waals surface area contributed by atoms with Gasteiger partial charge in [0, 0.05) is 7.05 Å². The van der Waals surface area contributed by atoms with Gasteiger partial charge in [-0.3, -0.25) is 4.79 Å². The maximum absolute atomic E-state index is 10.4. The molecule has 0 spiro atoms. The average Bonchev–Trinajstić information content (AvgIpc) is 2.25. The topological polar surface area (TPSA) is 76.7 Å². The van der Waals surface area contributed by atoms with Gasteiger partial charge >= 0.3 is 0 Å². The minimum absolute atomic E-state index is 0.107. The molecule has 3 N–H and O–H groups in total. The molecule has 5 nitrogen and oxygen atoms in total. The molecule has 1 aromatic carbocycles. The third kappa shape index (κ3) is 4.12. The van der Waals surface area contributed by atoms with Crippen molar-refractivity contribution in [3.8, 4) is 5.75 Å². The highest BCUT2D eigenvalue weighted by molar-refractivity contribution is 5.79. The quantitative estimate of drug-likeness (QED) is 0.531. The van der Waals surface area contributed by atoms with E-state index in [2.05, 4.69) is 10.5 Å². The van der Waals surface area contributed by atoms with E-state index < -0.39 is 5.91 Å². The van der Waals surface area contributed by atoms with Gasteiger partial charge in [-0.2, -0.15) is 5.10 Å². The summed E-state index contributed by atoms with van der Waals surface area (Å²) in [5, 5.41) is 3.86. The highest BCUT2D eigenvalue weighted by Crippen LogP contribution is 2.10. The molecule has 0 fully saturated rings. The van der Waals surface area contributed by atoms with E-state index in [9.17, 15) is 4.79 Å². The number of amides is 1. The van der Waals surface area contributed by atoms with Crippen LogP contribution < -0.4 is 15.9 Å². The van der Waals surface area contributed by atoms with Crippen molar-refractivity contribution in [1.29, 1.82) is 0 Å². The molecule has 0 aliphatic carbocycles. The SMILES string of the molecule is CN/N=C\c1ccc(OCC(N)=O)cc1. The zero-order chi connectivity index (χ0) is 11.1. The number of hydrogen-bond donors (Lipinski definition) is 2. The Kier molecular flexibility index (Phi) is 4.15. The minimum Gasteiger partial charge on any atom is -0.484 e. The van der Waals surface area contributed by atoms with Crippen LogP contribution in [-0.2, 0) is 4.79 Å². The van der Waals surface area contributed by atoms with Gasteiger partial charge in [0.05, 0.1) is 6.21 Å². The van der Waals surface area contributed by atoms with Crippen molar-refractivity contribution < 1.29 is 9.53 Å². The summed E-state index contributed by atoms with van der Waals surface area (Å²) in [6.45, 7) is -0.107. The van der Waals surface area contributed by atoms with Crippen molar-refractivity contribution in [3.63, 3.8) is 0 Å². The van der Waals surface area contributed by atoms with Crippen molar-refractivity contribution in [2.24, 2.45) is 10.8 Å². The molecule has 0 saturated heterocycles. The molecule has 0 aromatic heterocycles. The van der Waals surface area contributed by atoms with Gasteiger partial charge < -0.3 is 15.9 Å². The average molecular weight is 207 g/mol. The van der Waals surface area contributed by atoms with Gasteiger partial charge in [0.2, 0.25) is 0 Å². The van der Waals surface area contributed by atoms with Crippen LogP contribution in [0, 0.1) is 0 Å². The number of primary amides is 1. The van der Waals surface area contributed by atoms with Crippen LogP contribution in [-0.4, -0.2) is 25.8 Å². The summed E-state index contributed by atoms with van der Waals surface area (Å²) in [7, 11) is 1.72. The predicted octanol–water partition coefficient (Wildman–Crippen LogP) is 0.104. The van der Waals surface area contributed by atoms with Gasteiger partial charge in [0.15, 0.2) is 6.61 Å². The first kappa shape index (κ1) is 11.0. The summed E-state index contributed by atoms with van der Waals surface area (Å²) < 4.78 is 5.09. The Hall–Kier alpha value is -2.04. The number of benzene rings is 1. The number of carbonyl (C=O) groups is 1. The van der Waals surface area contributed by atoms with Crippen LogP contribution >= 0.6 is 0 Å². The first-order valence-electron chi connectivity index (χ1n) is 4.43. The van der Waals surface area contributed by atoms with E-state index in [0.717, 1.165) is 5.56 Å². The smallest absolute Gasteiger partial charge is 0.255 e. The van der Waals surface area contributed by atoms with Crippen LogP contribution in [0.25, 0.3) is 0 Å². The molecule has 15 heavy (non-hydrogen) atoms. The first-order valence-corrected chi connectivity index (χ1v) is 4.43. The van der Waals surface area contributed by atoms with Gasteiger partial charge in [-0.05, 0) is 29.8 Å². The third-order valence-electron chi connectivity index (χ3n) is 1.60. The molecule has 0 heterocycles. The molecular weight excluding hydrogens is 194 g/mol. The molecule has 0 aliphatic rings. The van der Waals surface area contributed by atoms with E-state index >= 15 is 0 Å². The Balaban J connectivity index is 2.56. The van der Waals surface area contributed by atoms with Crippen LogP contribution in [0.4, 0.5) is 0 Å². The second-order valence-corrected chi connectivity index (χ2v) is 2.81. The van der Waals surface area contributed by atoms with Crippen molar-refractivity contribution in [2.45, 2.75) is 0 Å². The number of ether oxygens (including phenoxy) is 1. The number of nitrogens with zero attached hydrogens (tertiary/aromatic N) is 1. The molecule has 0 saturated carbocycles. The highest BCUT2D eigenvalue weighted by atomic mass is 16.5. The second-order valence-electron chi connectivity index (χ2n) is 2.81. The molecule has 1 aromatic rings. The number of rotatable bonds is 5. The van der Waals surface area contributed by atoms with Gasteiger partial charge in [0.25, 0.3) is 5.91 Å². The lowest BCUT2D eigenvalue weighted by Crippen LogP contribution is -2.19. The lowest BCUT2D eigenvalue weighted by molar-refractivity contribution is -0.119. The molecule has 80 valence electrons. The molecule has 0 radical (unpaired) electrons. The lowest BCUT2D eigenvalue weighted by atomic mass is 10.2. The van der Waals surface area contributed by atoms with E-state index in [0.29, 0.717) is 5.75 Å². The number of nitrogens with two attached hydrogens (primary N) is 1. The number of hydrogen-bond acceptors (Lipinski definition) is 4. The van der Waals surface area contributed by atoms with Crippen molar-refractivity contribution in [2.75, 3.05) is 13.7 Å². The van der Waals surface area contributed by atoms with E-state index in [4.69, 9.17) is 10.5 Å². The molecule has 5 heteroatoms. The molecule has 0 bridgehead atoms. The van der Waals surface area contributed by atoms with Crippen LogP contribution in [0.1, 0.15) is 5.56 Å². The van der Waals surface area contributed by atoms with Gasteiger partial charge in [-0.1, -0.05) is 0 Å². The van der Waals surface area contributed by atoms with Gasteiger partial charge in [-0.25, -0.2) is 0 Å². The monoisotopic (exact) mass is 207 g/mol. The van der Waals surface area contributed by atoms with Gasteiger partial charge in [0.1, 0.15) is 5.75 Å². The van der Waals surface area contributed by atoms with Crippen molar-refractivity contribution >= 4 is 12.1 Å². The predicted molar refractivity (Wildman–Crippen MR) is 57.8 cm³/mol. The number of carbonyl (C=O) groups excluding carboxylic acids is 1. The fraction of sp³-hybridized carbons (Fsp3) is 0.200. The Morgan fingerprint density at radius 2 is 2.20 bits per heavy atom. The lowest BCUT2D eigenvalue weighted by Gasteiger charge is -2.02. The van der Waals surface area contributed by atoms with E-state index in [-0.39, 0.29) is 6.61 Å². The first-order chi connectivity index (χ1) is 7.22. The normalized spacial score (nSPS) is 10.2. The highest BCUT2D eigenvalue weighted by Gasteiger charge is 1.96. The van der Waals surface area contributed by atoms with Crippen molar-refractivity contribution in [1.82, 2.24) is 5.43 Å². The fourth-order valence-corrected chi connectivity index (χ4v) is 0.944. The summed E-state index contributed by atoms with van der Waals surface area (Å²) in [5.74, 6) is 0.117. The summed E-state index contributed by atoms with van der Waals surface area (Å²) in [6, 6.07) is 7.16. The molecular formula is C10H13N3O2. The fourth-order valence-electron chi connectivity index (χ4n) is 0.944. The second kappa shape index (κ2) is 5.64. The van der Waals surface area contributed by atoms with Crippen LogP contribution in [0.2, 0.25) is 0 Å². The molecule has 1 amide bonds. The maximum Gasteiger partial charge on any atom is 0.255 e. The molecule has 0 atom stereocenters. The maximum atomic E-state index is 10.4. The zero-order valence-corrected chi connectivity index (χ0v) is 8.43. The Morgan fingerprint density at radius 1 is 1.53 bits per heavy atom. The summed E-state index contributed by atoms with van der Waals surface area (Å²) in [5.41, 5.74) is 8.53. The molecule has 0 aliphatic heterocycles. The summed E-state index contributed by atoms with van der Waals surface area (Å²) in [6.07, 6.45) is 1.68. The summed E-state index contributed by atoms with van der Waals surface area (Å²) >= 11 is 0. The molecule has 1 rings (SSSR count). The van der Waals surface area contributed by atoms with E-state index in [1.54, 1.807) is 25.4 Å². The van der Waals surface area contributed by atoms with Gasteiger partial charge in [-0.15, -0.1) is 0 Å². The van der Waals surface area contributed by atoms with Crippen LogP contribution in [0.3, 0.4) is 0 Å². The molecule has 0 unspecified atom stereocenters. The Bertz CT molecular complexity index is 346. The van der Waals surface area contributed by atoms with Crippen molar-refractivity contribution in [3.05, 3.63) is 29.8 Å². The van der Waals surface area contributed by atoms with E-state index in [1.165, 1.54) is 0 Å². The largest absolute Gasteiger partial charge is 0.484 e. The Morgan fingerprint density at radius 3 is 2.73 bits per heavy atom. The van der Waals surface area contributed by atoms with Crippen LogP contribution in [0.15, 0.2) is 29.4 Å². The zero-order valence-electron chi connectivity index (χ0n) is 8.43. The third-order valence-corrected chi connectivity index (χ3v) is 1.60. The summed E-state index contributed by atoms with van der Waals surface area (Å²) in [4.78, 5) is 10.4. The van der Waals surface area contributed by atoms with Crippen LogP contribution in [0.5, 0.6) is 5.75 Å². The standard InChI is InChI=1S/C10H13N3O2/c1-12-13-6-8-2-4-9(5-3-8)15-7-10(11)14/h2-6,12H,7H2,1H3,(H2,11,14)/b13-6-.